The molecule has 1 aromatic rings. The number of nitrogens with zero attached hydrogens (tertiary/aromatic N) is 2. The summed E-state index contributed by atoms with van der Waals surface area (Å²) < 4.78 is 0. The molecule has 1 aromatic heterocycles. The minimum Gasteiger partial charge on any atom is -0.357 e. The number of anilines is 1. The van der Waals surface area contributed by atoms with E-state index >= 15 is 0 Å². The van der Waals surface area contributed by atoms with Crippen molar-refractivity contribution in [1.82, 2.24) is 4.98 Å². The molecule has 0 aliphatic heterocycles. The van der Waals surface area contributed by atoms with Gasteiger partial charge >= 0.3 is 0 Å². The largest absolute Gasteiger partial charge is 0.357 e. The molecule has 0 aromatic carbocycles. The number of rotatable bonds is 5. The van der Waals surface area contributed by atoms with Crippen LogP contribution >= 0.6 is 0 Å². The summed E-state index contributed by atoms with van der Waals surface area (Å²) in [6, 6.07) is 4.69. The first-order valence-corrected chi connectivity index (χ1v) is 6.00. The molecular formula is C13H23N3. The van der Waals surface area contributed by atoms with Gasteiger partial charge in [0.05, 0.1) is 0 Å². The Labute approximate surface area is 98.7 Å². The van der Waals surface area contributed by atoms with Gasteiger partial charge in [-0.3, -0.25) is 0 Å². The second kappa shape index (κ2) is 5.85. The van der Waals surface area contributed by atoms with Crippen molar-refractivity contribution in [3.63, 3.8) is 0 Å². The predicted molar refractivity (Wildman–Crippen MR) is 69.6 cm³/mol. The lowest BCUT2D eigenvalue weighted by atomic mass is 10.1. The first-order valence-electron chi connectivity index (χ1n) is 6.00. The van der Waals surface area contributed by atoms with Gasteiger partial charge in [0.1, 0.15) is 5.82 Å². The fraction of sp³-hybridized carbons (Fsp3) is 0.615. The van der Waals surface area contributed by atoms with Gasteiger partial charge < -0.3 is 10.6 Å². The molecule has 0 fully saturated rings. The zero-order valence-corrected chi connectivity index (χ0v) is 10.8. The van der Waals surface area contributed by atoms with Gasteiger partial charge in [-0.05, 0) is 31.9 Å². The Kier molecular flexibility index (Phi) is 4.74. The third-order valence-electron chi connectivity index (χ3n) is 3.03. The van der Waals surface area contributed by atoms with Gasteiger partial charge in [-0.25, -0.2) is 4.98 Å². The average Bonchev–Trinajstić information content (AvgIpc) is 2.28. The van der Waals surface area contributed by atoms with Crippen LogP contribution in [0.4, 0.5) is 5.82 Å². The maximum atomic E-state index is 5.79. The quantitative estimate of drug-likeness (QED) is 0.831. The zero-order valence-electron chi connectivity index (χ0n) is 10.8. The standard InChI is InChI=1S/C13H23N3/c1-5-6-10(2)16(4)13-8-7-12(9-15-13)11(3)14/h7-11H,5-6,14H2,1-4H3/t10?,11-/m1/s1. The normalized spacial score (nSPS) is 14.6. The van der Waals surface area contributed by atoms with Crippen LogP contribution in [0.2, 0.25) is 0 Å². The summed E-state index contributed by atoms with van der Waals surface area (Å²) in [4.78, 5) is 6.67. The molecule has 90 valence electrons. The molecule has 0 aliphatic rings. The summed E-state index contributed by atoms with van der Waals surface area (Å²) >= 11 is 0. The fourth-order valence-corrected chi connectivity index (χ4v) is 1.71. The minimum absolute atomic E-state index is 0.0555. The van der Waals surface area contributed by atoms with E-state index < -0.39 is 0 Å². The number of nitrogens with two attached hydrogens (primary N) is 1. The second-order valence-corrected chi connectivity index (χ2v) is 4.49. The molecular weight excluding hydrogens is 198 g/mol. The summed E-state index contributed by atoms with van der Waals surface area (Å²) in [5.41, 5.74) is 6.88. The highest BCUT2D eigenvalue weighted by atomic mass is 15.2. The van der Waals surface area contributed by atoms with Crippen molar-refractivity contribution in [3.8, 4) is 0 Å². The van der Waals surface area contributed by atoms with E-state index in [9.17, 15) is 0 Å². The van der Waals surface area contributed by atoms with Gasteiger partial charge in [-0.1, -0.05) is 19.4 Å². The van der Waals surface area contributed by atoms with Crippen LogP contribution in [-0.2, 0) is 0 Å². The number of hydrogen-bond acceptors (Lipinski definition) is 3. The van der Waals surface area contributed by atoms with Crippen LogP contribution < -0.4 is 10.6 Å². The Morgan fingerprint density at radius 3 is 2.50 bits per heavy atom. The first kappa shape index (κ1) is 13.0. The number of hydrogen-bond donors (Lipinski definition) is 1. The van der Waals surface area contributed by atoms with E-state index in [1.54, 1.807) is 0 Å². The van der Waals surface area contributed by atoms with Crippen molar-refractivity contribution < 1.29 is 0 Å². The van der Waals surface area contributed by atoms with Crippen LogP contribution in [-0.4, -0.2) is 18.1 Å². The Balaban J connectivity index is 2.73. The van der Waals surface area contributed by atoms with Crippen LogP contribution in [0.3, 0.4) is 0 Å². The molecule has 1 unspecified atom stereocenters. The van der Waals surface area contributed by atoms with E-state index in [1.807, 2.05) is 19.2 Å². The molecule has 0 saturated carbocycles. The predicted octanol–water partition coefficient (Wildman–Crippen LogP) is 2.73. The summed E-state index contributed by atoms with van der Waals surface area (Å²) in [6.45, 7) is 6.40. The van der Waals surface area contributed by atoms with Gasteiger partial charge in [-0.2, -0.15) is 0 Å². The maximum Gasteiger partial charge on any atom is 0.128 e. The molecule has 0 bridgehead atoms. The third-order valence-corrected chi connectivity index (χ3v) is 3.03. The summed E-state index contributed by atoms with van der Waals surface area (Å²) in [6.07, 6.45) is 4.26. The van der Waals surface area contributed by atoms with Gasteiger partial charge in [0.15, 0.2) is 0 Å². The molecule has 0 aliphatic carbocycles. The van der Waals surface area contributed by atoms with E-state index in [-0.39, 0.29) is 6.04 Å². The van der Waals surface area contributed by atoms with Gasteiger partial charge in [0, 0.05) is 25.3 Å². The summed E-state index contributed by atoms with van der Waals surface area (Å²) in [5, 5.41) is 0. The van der Waals surface area contributed by atoms with Crippen LogP contribution in [0.1, 0.15) is 45.2 Å². The monoisotopic (exact) mass is 221 g/mol. The molecule has 3 nitrogen and oxygen atoms in total. The Morgan fingerprint density at radius 2 is 2.06 bits per heavy atom. The molecule has 16 heavy (non-hydrogen) atoms. The van der Waals surface area contributed by atoms with Crippen LogP contribution in [0.5, 0.6) is 0 Å². The van der Waals surface area contributed by atoms with Crippen molar-refractivity contribution >= 4 is 5.82 Å². The third kappa shape index (κ3) is 3.20. The average molecular weight is 221 g/mol. The Hall–Kier alpha value is -1.09. The lowest BCUT2D eigenvalue weighted by molar-refractivity contribution is 0.611. The topological polar surface area (TPSA) is 42.1 Å². The molecule has 0 spiro atoms. The molecule has 2 atom stereocenters. The Morgan fingerprint density at radius 1 is 1.38 bits per heavy atom. The number of aromatic nitrogens is 1. The summed E-state index contributed by atoms with van der Waals surface area (Å²) in [7, 11) is 2.09. The molecule has 0 saturated heterocycles. The minimum atomic E-state index is 0.0555. The second-order valence-electron chi connectivity index (χ2n) is 4.49. The van der Waals surface area contributed by atoms with E-state index in [1.165, 1.54) is 12.8 Å². The molecule has 2 N–H and O–H groups in total. The van der Waals surface area contributed by atoms with Crippen molar-refractivity contribution in [1.29, 1.82) is 0 Å². The van der Waals surface area contributed by atoms with E-state index in [2.05, 4.69) is 36.8 Å². The highest BCUT2D eigenvalue weighted by Crippen LogP contribution is 2.17. The molecule has 3 heteroatoms. The summed E-state index contributed by atoms with van der Waals surface area (Å²) in [5.74, 6) is 1.02. The highest BCUT2D eigenvalue weighted by Gasteiger charge is 2.10. The smallest absolute Gasteiger partial charge is 0.128 e. The molecule has 0 amide bonds. The van der Waals surface area contributed by atoms with Crippen molar-refractivity contribution in [3.05, 3.63) is 23.9 Å². The van der Waals surface area contributed by atoms with Gasteiger partial charge in [0.25, 0.3) is 0 Å². The van der Waals surface area contributed by atoms with Gasteiger partial charge in [-0.15, -0.1) is 0 Å². The number of pyridine rings is 1. The lowest BCUT2D eigenvalue weighted by Gasteiger charge is -2.25. The SMILES string of the molecule is CCCC(C)N(C)c1ccc([C@@H](C)N)cn1. The van der Waals surface area contributed by atoms with Crippen molar-refractivity contribution in [2.24, 2.45) is 5.73 Å². The molecule has 1 rings (SSSR count). The van der Waals surface area contributed by atoms with Crippen molar-refractivity contribution in [2.75, 3.05) is 11.9 Å². The van der Waals surface area contributed by atoms with E-state index in [0.717, 1.165) is 11.4 Å². The molecule has 1 heterocycles. The highest BCUT2D eigenvalue weighted by molar-refractivity contribution is 5.39. The van der Waals surface area contributed by atoms with Crippen LogP contribution in [0, 0.1) is 0 Å². The molecule has 0 radical (unpaired) electrons. The lowest BCUT2D eigenvalue weighted by Crippen LogP contribution is -2.29. The fourth-order valence-electron chi connectivity index (χ4n) is 1.71. The maximum absolute atomic E-state index is 5.79. The van der Waals surface area contributed by atoms with Crippen LogP contribution in [0.15, 0.2) is 18.3 Å². The first-order chi connectivity index (χ1) is 7.56. The van der Waals surface area contributed by atoms with Gasteiger partial charge in [0.2, 0.25) is 0 Å². The van der Waals surface area contributed by atoms with E-state index in [4.69, 9.17) is 5.73 Å². The van der Waals surface area contributed by atoms with Crippen molar-refractivity contribution in [2.45, 2.75) is 45.7 Å². The zero-order chi connectivity index (χ0) is 12.1. The Bertz CT molecular complexity index is 305. The van der Waals surface area contributed by atoms with Crippen LogP contribution in [0.25, 0.3) is 0 Å². The van der Waals surface area contributed by atoms with E-state index in [0.29, 0.717) is 6.04 Å².